The summed E-state index contributed by atoms with van der Waals surface area (Å²) in [5.74, 6) is 0. The first-order valence-corrected chi connectivity index (χ1v) is 6.29. The van der Waals surface area contributed by atoms with Crippen LogP contribution in [0, 0.1) is 0 Å². The van der Waals surface area contributed by atoms with Crippen LogP contribution in [0.15, 0.2) is 6.20 Å². The number of nitrogens with zero attached hydrogens (tertiary/aromatic N) is 3. The molecule has 0 amide bonds. The summed E-state index contributed by atoms with van der Waals surface area (Å²) in [4.78, 5) is 0. The van der Waals surface area contributed by atoms with Gasteiger partial charge >= 0.3 is 0 Å². The Hall–Kier alpha value is -0.940. The molecule has 0 N–H and O–H groups in total. The Morgan fingerprint density at radius 2 is 2.00 bits per heavy atom. The topological polar surface area (TPSA) is 49.2 Å². The van der Waals surface area contributed by atoms with Crippen LogP contribution in [0.5, 0.6) is 0 Å². The molecule has 0 bridgehead atoms. The zero-order chi connectivity index (χ0) is 12.5. The van der Waals surface area contributed by atoms with E-state index in [1.54, 1.807) is 7.11 Å². The second-order valence-corrected chi connectivity index (χ2v) is 4.18. The van der Waals surface area contributed by atoms with Gasteiger partial charge in [0.2, 0.25) is 0 Å². The largest absolute Gasteiger partial charge is 0.359 e. The van der Waals surface area contributed by atoms with Gasteiger partial charge in [0.15, 0.2) is 0 Å². The standard InChI is InChI=1S/C12H23N3O2/c1-4-6-12(7-5-2)15-8-11(13-14-15)9-17-10-16-3/h8,12H,4-7,9-10H2,1-3H3. The third kappa shape index (κ3) is 4.83. The molecule has 17 heavy (non-hydrogen) atoms. The van der Waals surface area contributed by atoms with E-state index in [4.69, 9.17) is 9.47 Å². The predicted octanol–water partition coefficient (Wildman–Crippen LogP) is 2.54. The summed E-state index contributed by atoms with van der Waals surface area (Å²) in [7, 11) is 1.61. The molecular weight excluding hydrogens is 218 g/mol. The van der Waals surface area contributed by atoms with Crippen molar-refractivity contribution in [2.45, 2.75) is 52.2 Å². The van der Waals surface area contributed by atoms with Crippen LogP contribution in [-0.2, 0) is 16.1 Å². The highest BCUT2D eigenvalue weighted by Gasteiger charge is 2.11. The van der Waals surface area contributed by atoms with Gasteiger partial charge in [-0.05, 0) is 12.8 Å². The lowest BCUT2D eigenvalue weighted by molar-refractivity contribution is -0.0401. The molecule has 1 aromatic heterocycles. The van der Waals surface area contributed by atoms with Gasteiger partial charge in [-0.25, -0.2) is 4.68 Å². The van der Waals surface area contributed by atoms with Crippen molar-refractivity contribution in [2.75, 3.05) is 13.9 Å². The lowest BCUT2D eigenvalue weighted by Gasteiger charge is -2.14. The van der Waals surface area contributed by atoms with Crippen LogP contribution >= 0.6 is 0 Å². The van der Waals surface area contributed by atoms with Crippen molar-refractivity contribution in [1.82, 2.24) is 15.0 Å². The first-order valence-electron chi connectivity index (χ1n) is 6.29. The van der Waals surface area contributed by atoms with Crippen molar-refractivity contribution in [3.05, 3.63) is 11.9 Å². The number of aromatic nitrogens is 3. The van der Waals surface area contributed by atoms with Gasteiger partial charge in [-0.3, -0.25) is 0 Å². The highest BCUT2D eigenvalue weighted by atomic mass is 16.7. The number of ether oxygens (including phenoxy) is 2. The van der Waals surface area contributed by atoms with Crippen molar-refractivity contribution >= 4 is 0 Å². The van der Waals surface area contributed by atoms with Crippen molar-refractivity contribution in [1.29, 1.82) is 0 Å². The number of methoxy groups -OCH3 is 1. The molecule has 0 saturated carbocycles. The van der Waals surface area contributed by atoms with Crippen LogP contribution in [0.3, 0.4) is 0 Å². The van der Waals surface area contributed by atoms with Gasteiger partial charge in [-0.2, -0.15) is 0 Å². The summed E-state index contributed by atoms with van der Waals surface area (Å²) in [6.45, 7) is 5.14. The summed E-state index contributed by atoms with van der Waals surface area (Å²) in [6.07, 6.45) is 6.61. The van der Waals surface area contributed by atoms with E-state index in [9.17, 15) is 0 Å². The normalized spacial score (nSPS) is 11.3. The Labute approximate surface area is 103 Å². The third-order valence-corrected chi connectivity index (χ3v) is 2.63. The van der Waals surface area contributed by atoms with Crippen molar-refractivity contribution < 1.29 is 9.47 Å². The Morgan fingerprint density at radius 1 is 1.29 bits per heavy atom. The molecule has 5 nitrogen and oxygen atoms in total. The second-order valence-electron chi connectivity index (χ2n) is 4.18. The molecule has 1 heterocycles. The molecule has 0 aliphatic carbocycles. The molecule has 0 radical (unpaired) electrons. The van der Waals surface area contributed by atoms with Crippen molar-refractivity contribution in [3.8, 4) is 0 Å². The highest BCUT2D eigenvalue weighted by Crippen LogP contribution is 2.18. The molecule has 98 valence electrons. The molecule has 0 aliphatic heterocycles. The molecule has 0 fully saturated rings. The second kappa shape index (κ2) is 8.20. The summed E-state index contributed by atoms with van der Waals surface area (Å²) < 4.78 is 12.0. The van der Waals surface area contributed by atoms with Gasteiger partial charge in [-0.1, -0.05) is 31.9 Å². The molecule has 0 aromatic carbocycles. The van der Waals surface area contributed by atoms with E-state index in [1.807, 2.05) is 10.9 Å². The SMILES string of the molecule is CCCC(CCC)n1cc(COCOC)nn1. The van der Waals surface area contributed by atoms with Crippen LogP contribution < -0.4 is 0 Å². The maximum Gasteiger partial charge on any atom is 0.146 e. The summed E-state index contributed by atoms with van der Waals surface area (Å²) in [5, 5.41) is 8.28. The maximum atomic E-state index is 5.24. The lowest BCUT2D eigenvalue weighted by atomic mass is 10.1. The minimum Gasteiger partial charge on any atom is -0.359 e. The molecular formula is C12H23N3O2. The molecule has 0 aliphatic rings. The van der Waals surface area contributed by atoms with Crippen molar-refractivity contribution in [3.63, 3.8) is 0 Å². The highest BCUT2D eigenvalue weighted by molar-refractivity contribution is 4.91. The van der Waals surface area contributed by atoms with E-state index < -0.39 is 0 Å². The predicted molar refractivity (Wildman–Crippen MR) is 65.5 cm³/mol. The maximum absolute atomic E-state index is 5.24. The molecule has 1 aromatic rings. The van der Waals surface area contributed by atoms with E-state index >= 15 is 0 Å². The quantitative estimate of drug-likeness (QED) is 0.492. The number of hydrogen-bond donors (Lipinski definition) is 0. The lowest BCUT2D eigenvalue weighted by Crippen LogP contribution is -2.09. The Morgan fingerprint density at radius 3 is 2.59 bits per heavy atom. The fraction of sp³-hybridized carbons (Fsp3) is 0.833. The smallest absolute Gasteiger partial charge is 0.146 e. The van der Waals surface area contributed by atoms with Crippen molar-refractivity contribution in [2.24, 2.45) is 0 Å². The van der Waals surface area contributed by atoms with E-state index in [1.165, 1.54) is 12.8 Å². The fourth-order valence-electron chi connectivity index (χ4n) is 1.86. The minimum atomic E-state index is 0.292. The zero-order valence-electron chi connectivity index (χ0n) is 11.1. The number of hydrogen-bond acceptors (Lipinski definition) is 4. The van der Waals surface area contributed by atoms with Gasteiger partial charge in [0.05, 0.1) is 18.8 Å². The Bertz CT molecular complexity index is 296. The van der Waals surface area contributed by atoms with E-state index in [2.05, 4.69) is 24.2 Å². The molecule has 0 saturated heterocycles. The van der Waals surface area contributed by atoms with E-state index in [0.717, 1.165) is 18.5 Å². The summed E-state index contributed by atoms with van der Waals surface area (Å²) in [5.41, 5.74) is 0.860. The number of rotatable bonds is 9. The van der Waals surface area contributed by atoms with Crippen LogP contribution in [0.2, 0.25) is 0 Å². The molecule has 0 atom stereocenters. The Balaban J connectivity index is 2.51. The fourth-order valence-corrected chi connectivity index (χ4v) is 1.86. The van der Waals surface area contributed by atoms with Gasteiger partial charge in [0.25, 0.3) is 0 Å². The third-order valence-electron chi connectivity index (χ3n) is 2.63. The first-order chi connectivity index (χ1) is 8.31. The van der Waals surface area contributed by atoms with Gasteiger partial charge < -0.3 is 9.47 Å². The van der Waals surface area contributed by atoms with Gasteiger partial charge in [0, 0.05) is 7.11 Å². The Kier molecular flexibility index (Phi) is 6.81. The molecule has 0 spiro atoms. The minimum absolute atomic E-state index is 0.292. The monoisotopic (exact) mass is 241 g/mol. The molecule has 5 heteroatoms. The molecule has 0 unspecified atom stereocenters. The summed E-state index contributed by atoms with van der Waals surface area (Å²) in [6, 6.07) is 0.466. The van der Waals surface area contributed by atoms with Crippen LogP contribution in [0.25, 0.3) is 0 Å². The molecule has 1 rings (SSSR count). The van der Waals surface area contributed by atoms with Crippen LogP contribution in [-0.4, -0.2) is 28.9 Å². The zero-order valence-corrected chi connectivity index (χ0v) is 11.1. The van der Waals surface area contributed by atoms with Gasteiger partial charge in [-0.15, -0.1) is 5.10 Å². The average Bonchev–Trinajstić information content (AvgIpc) is 2.78. The van der Waals surface area contributed by atoms with Crippen LogP contribution in [0.1, 0.15) is 51.3 Å². The average molecular weight is 241 g/mol. The summed E-state index contributed by atoms with van der Waals surface area (Å²) >= 11 is 0. The van der Waals surface area contributed by atoms with E-state index in [-0.39, 0.29) is 0 Å². The van der Waals surface area contributed by atoms with E-state index in [0.29, 0.717) is 19.4 Å². The van der Waals surface area contributed by atoms with Crippen LogP contribution in [0.4, 0.5) is 0 Å². The van der Waals surface area contributed by atoms with Gasteiger partial charge in [0.1, 0.15) is 12.5 Å². The first kappa shape index (κ1) is 14.1.